The molecule has 0 saturated heterocycles. The van der Waals surface area contributed by atoms with Crippen LogP contribution in [0.25, 0.3) is 0 Å². The fourth-order valence-corrected chi connectivity index (χ4v) is 3.08. The third-order valence-electron chi connectivity index (χ3n) is 3.14. The van der Waals surface area contributed by atoms with Crippen LogP contribution in [0.5, 0.6) is 0 Å². The lowest BCUT2D eigenvalue weighted by Gasteiger charge is -2.20. The van der Waals surface area contributed by atoms with Crippen molar-refractivity contribution in [3.8, 4) is 0 Å². The van der Waals surface area contributed by atoms with E-state index >= 15 is 0 Å². The number of likely N-dealkylation sites (N-methyl/N-ethyl adjacent to an activating group) is 1. The average Bonchev–Trinajstić information content (AvgIpc) is 2.43. The highest BCUT2D eigenvalue weighted by Gasteiger charge is 2.14. The maximum atomic E-state index is 13.0. The highest BCUT2D eigenvalue weighted by atomic mass is 79.9. The van der Waals surface area contributed by atoms with Crippen molar-refractivity contribution in [2.24, 2.45) is 0 Å². The first-order chi connectivity index (χ1) is 9.60. The predicted octanol–water partition coefficient (Wildman–Crippen LogP) is 5.24. The van der Waals surface area contributed by atoms with E-state index in [0.717, 1.165) is 27.5 Å². The monoisotopic (exact) mass is 399 g/mol. The molecule has 1 unspecified atom stereocenters. The van der Waals surface area contributed by atoms with Gasteiger partial charge in [-0.2, -0.15) is 0 Å². The molecule has 4 heteroatoms. The molecule has 0 radical (unpaired) electrons. The Labute approximate surface area is 135 Å². The summed E-state index contributed by atoms with van der Waals surface area (Å²) in [6.45, 7) is 2.97. The van der Waals surface area contributed by atoms with Gasteiger partial charge < -0.3 is 5.32 Å². The van der Waals surface area contributed by atoms with Crippen molar-refractivity contribution in [3.63, 3.8) is 0 Å². The van der Waals surface area contributed by atoms with Crippen molar-refractivity contribution < 1.29 is 4.39 Å². The summed E-state index contributed by atoms with van der Waals surface area (Å²) in [6, 6.07) is 13.0. The minimum absolute atomic E-state index is 0.192. The second-order valence-electron chi connectivity index (χ2n) is 4.61. The molecular weight excluding hydrogens is 385 g/mol. The summed E-state index contributed by atoms with van der Waals surface area (Å²) in [5.41, 5.74) is 2.31. The van der Waals surface area contributed by atoms with Crippen molar-refractivity contribution in [3.05, 3.63) is 68.4 Å². The van der Waals surface area contributed by atoms with Crippen LogP contribution in [0.2, 0.25) is 0 Å². The number of rotatable bonds is 5. The SMILES string of the molecule is CCNC(Cc1ccc(F)cc1)c1cc(Br)ccc1Br. The normalized spacial score (nSPS) is 12.4. The van der Waals surface area contributed by atoms with Crippen LogP contribution in [0.3, 0.4) is 0 Å². The number of hydrogen-bond donors (Lipinski definition) is 1. The Morgan fingerprint density at radius 3 is 2.45 bits per heavy atom. The largest absolute Gasteiger partial charge is 0.310 e. The molecule has 106 valence electrons. The first-order valence-corrected chi connectivity index (χ1v) is 8.11. The zero-order valence-electron chi connectivity index (χ0n) is 11.2. The van der Waals surface area contributed by atoms with E-state index in [4.69, 9.17) is 0 Å². The molecule has 0 spiro atoms. The molecule has 0 aliphatic rings. The zero-order chi connectivity index (χ0) is 14.5. The Hall–Kier alpha value is -0.710. The van der Waals surface area contributed by atoms with E-state index in [1.54, 1.807) is 0 Å². The standard InChI is InChI=1S/C16H16Br2FN/c1-2-20-16(9-11-3-6-13(19)7-4-11)14-10-12(17)5-8-15(14)18/h3-8,10,16,20H,2,9H2,1H3. The summed E-state index contributed by atoms with van der Waals surface area (Å²) in [7, 11) is 0. The van der Waals surface area contributed by atoms with Crippen LogP contribution in [0.15, 0.2) is 51.4 Å². The van der Waals surface area contributed by atoms with Crippen molar-refractivity contribution in [2.45, 2.75) is 19.4 Å². The predicted molar refractivity (Wildman–Crippen MR) is 88.4 cm³/mol. The second-order valence-corrected chi connectivity index (χ2v) is 6.38. The molecule has 0 bridgehead atoms. The van der Waals surface area contributed by atoms with Crippen molar-refractivity contribution in [1.82, 2.24) is 5.32 Å². The van der Waals surface area contributed by atoms with E-state index in [1.165, 1.54) is 17.7 Å². The molecule has 0 amide bonds. The van der Waals surface area contributed by atoms with Gasteiger partial charge in [-0.15, -0.1) is 0 Å². The van der Waals surface area contributed by atoms with E-state index in [2.05, 4.69) is 50.2 Å². The van der Waals surface area contributed by atoms with Crippen LogP contribution in [0.4, 0.5) is 4.39 Å². The Balaban J connectivity index is 2.26. The van der Waals surface area contributed by atoms with Crippen LogP contribution in [0, 0.1) is 5.82 Å². The molecule has 2 rings (SSSR count). The molecule has 20 heavy (non-hydrogen) atoms. The van der Waals surface area contributed by atoms with Gasteiger partial charge in [0.2, 0.25) is 0 Å². The van der Waals surface area contributed by atoms with E-state index in [-0.39, 0.29) is 11.9 Å². The van der Waals surface area contributed by atoms with Gasteiger partial charge in [-0.3, -0.25) is 0 Å². The van der Waals surface area contributed by atoms with Crippen molar-refractivity contribution in [2.75, 3.05) is 6.54 Å². The van der Waals surface area contributed by atoms with Gasteiger partial charge in [-0.1, -0.05) is 50.9 Å². The molecule has 2 aromatic carbocycles. The van der Waals surface area contributed by atoms with E-state index in [0.29, 0.717) is 0 Å². The number of hydrogen-bond acceptors (Lipinski definition) is 1. The quantitative estimate of drug-likeness (QED) is 0.723. The molecule has 0 fully saturated rings. The minimum atomic E-state index is -0.197. The third kappa shape index (κ3) is 4.14. The molecule has 1 N–H and O–H groups in total. The highest BCUT2D eigenvalue weighted by Crippen LogP contribution is 2.29. The van der Waals surface area contributed by atoms with Crippen LogP contribution >= 0.6 is 31.9 Å². The van der Waals surface area contributed by atoms with Crippen LogP contribution in [-0.2, 0) is 6.42 Å². The Morgan fingerprint density at radius 1 is 1.10 bits per heavy atom. The molecule has 1 nitrogen and oxygen atoms in total. The van der Waals surface area contributed by atoms with E-state index < -0.39 is 0 Å². The zero-order valence-corrected chi connectivity index (χ0v) is 14.3. The second kappa shape index (κ2) is 7.34. The van der Waals surface area contributed by atoms with Crippen molar-refractivity contribution in [1.29, 1.82) is 0 Å². The Bertz CT molecular complexity index is 569. The Morgan fingerprint density at radius 2 is 1.80 bits per heavy atom. The smallest absolute Gasteiger partial charge is 0.123 e. The fourth-order valence-electron chi connectivity index (χ4n) is 2.18. The maximum Gasteiger partial charge on any atom is 0.123 e. The molecule has 0 aliphatic carbocycles. The van der Waals surface area contributed by atoms with Gasteiger partial charge in [0, 0.05) is 15.0 Å². The summed E-state index contributed by atoms with van der Waals surface area (Å²) in [6.07, 6.45) is 0.823. The lowest BCUT2D eigenvalue weighted by atomic mass is 9.99. The summed E-state index contributed by atoms with van der Waals surface area (Å²) < 4.78 is 15.1. The molecule has 0 saturated carbocycles. The number of halogens is 3. The number of benzene rings is 2. The number of nitrogens with one attached hydrogen (secondary N) is 1. The molecule has 1 atom stereocenters. The molecular formula is C16H16Br2FN. The minimum Gasteiger partial charge on any atom is -0.310 e. The average molecular weight is 401 g/mol. The summed E-state index contributed by atoms with van der Waals surface area (Å²) in [5.74, 6) is -0.197. The van der Waals surface area contributed by atoms with Crippen LogP contribution < -0.4 is 5.32 Å². The van der Waals surface area contributed by atoms with Gasteiger partial charge in [-0.05, 0) is 54.4 Å². The van der Waals surface area contributed by atoms with E-state index in [9.17, 15) is 4.39 Å². The van der Waals surface area contributed by atoms with Gasteiger partial charge in [0.25, 0.3) is 0 Å². The Kier molecular flexibility index (Phi) is 5.75. The summed E-state index contributed by atoms with van der Waals surface area (Å²) in [5, 5.41) is 3.49. The first kappa shape index (κ1) is 15.7. The van der Waals surface area contributed by atoms with Gasteiger partial charge >= 0.3 is 0 Å². The van der Waals surface area contributed by atoms with Gasteiger partial charge in [0.05, 0.1) is 0 Å². The maximum absolute atomic E-state index is 13.0. The van der Waals surface area contributed by atoms with Crippen molar-refractivity contribution >= 4 is 31.9 Å². The van der Waals surface area contributed by atoms with E-state index in [1.807, 2.05) is 24.3 Å². The summed E-state index contributed by atoms with van der Waals surface area (Å²) in [4.78, 5) is 0. The molecule has 0 heterocycles. The molecule has 0 aromatic heterocycles. The lowest BCUT2D eigenvalue weighted by Crippen LogP contribution is -2.23. The van der Waals surface area contributed by atoms with Gasteiger partial charge in [0.1, 0.15) is 5.82 Å². The summed E-state index contributed by atoms with van der Waals surface area (Å²) >= 11 is 7.12. The van der Waals surface area contributed by atoms with Crippen LogP contribution in [-0.4, -0.2) is 6.54 Å². The molecule has 0 aliphatic heterocycles. The third-order valence-corrected chi connectivity index (χ3v) is 4.35. The van der Waals surface area contributed by atoms with Gasteiger partial charge in [-0.25, -0.2) is 4.39 Å². The van der Waals surface area contributed by atoms with Gasteiger partial charge in [0.15, 0.2) is 0 Å². The fraction of sp³-hybridized carbons (Fsp3) is 0.250. The first-order valence-electron chi connectivity index (χ1n) is 6.53. The topological polar surface area (TPSA) is 12.0 Å². The lowest BCUT2D eigenvalue weighted by molar-refractivity contribution is 0.546. The highest BCUT2D eigenvalue weighted by molar-refractivity contribution is 9.11. The molecule has 2 aromatic rings. The van der Waals surface area contributed by atoms with Crippen LogP contribution in [0.1, 0.15) is 24.1 Å².